The third-order valence-corrected chi connectivity index (χ3v) is 2.35. The third-order valence-electron chi connectivity index (χ3n) is 1.61. The molecule has 12 heavy (non-hydrogen) atoms. The quantitative estimate of drug-likeness (QED) is 0.302. The Labute approximate surface area is 73.8 Å². The summed E-state index contributed by atoms with van der Waals surface area (Å²) < 4.78 is 13.0. The maximum Gasteiger partial charge on any atom is 0.368 e. The summed E-state index contributed by atoms with van der Waals surface area (Å²) in [4.78, 5) is 9.02. The van der Waals surface area contributed by atoms with E-state index in [2.05, 4.69) is 5.09 Å². The standard InChI is InChI=1S/C7H17N2O2P/c1-5-9(6-2)7(3)8-12(4,10)11/h5-6H2,1-4H3,(H,10,11)/p+1. The normalized spacial score (nSPS) is 15.1. The zero-order chi connectivity index (χ0) is 9.78. The maximum absolute atomic E-state index is 11.0. The Morgan fingerprint density at radius 1 is 1.50 bits per heavy atom. The van der Waals surface area contributed by atoms with E-state index in [9.17, 15) is 4.57 Å². The van der Waals surface area contributed by atoms with Crippen molar-refractivity contribution in [1.82, 2.24) is 5.09 Å². The van der Waals surface area contributed by atoms with Crippen LogP contribution in [0, 0.1) is 0 Å². The minimum absolute atomic E-state index is 0.758. The molecule has 0 aromatic carbocycles. The Morgan fingerprint density at radius 3 is 2.17 bits per heavy atom. The van der Waals surface area contributed by atoms with Crippen LogP contribution in [0.3, 0.4) is 0 Å². The van der Waals surface area contributed by atoms with Crippen LogP contribution in [0.2, 0.25) is 0 Å². The number of nitrogens with zero attached hydrogens (tertiary/aromatic N) is 1. The lowest BCUT2D eigenvalue weighted by molar-refractivity contribution is -0.522. The predicted octanol–water partition coefficient (Wildman–Crippen LogP) is 0.862. The topological polar surface area (TPSA) is 52.3 Å². The average Bonchev–Trinajstić information content (AvgIpc) is 1.85. The number of rotatable bonds is 3. The first-order valence-corrected chi connectivity index (χ1v) is 6.18. The molecule has 2 N–H and O–H groups in total. The maximum atomic E-state index is 11.0. The Balaban J connectivity index is 4.45. The number of hydrogen-bond donors (Lipinski definition) is 2. The van der Waals surface area contributed by atoms with Crippen LogP contribution in [-0.4, -0.2) is 35.1 Å². The molecule has 72 valence electrons. The second-order valence-corrected chi connectivity index (χ2v) is 4.73. The second kappa shape index (κ2) is 4.63. The molecule has 0 aliphatic carbocycles. The molecule has 0 saturated carbocycles. The molecule has 0 radical (unpaired) electrons. The van der Waals surface area contributed by atoms with Crippen LogP contribution in [0.5, 0.6) is 0 Å². The summed E-state index contributed by atoms with van der Waals surface area (Å²) >= 11 is 0. The first kappa shape index (κ1) is 11.7. The van der Waals surface area contributed by atoms with E-state index in [0.29, 0.717) is 0 Å². The average molecular weight is 193 g/mol. The van der Waals surface area contributed by atoms with Gasteiger partial charge < -0.3 is 4.89 Å². The van der Waals surface area contributed by atoms with E-state index in [1.807, 2.05) is 18.4 Å². The van der Waals surface area contributed by atoms with Crippen LogP contribution in [0.15, 0.2) is 0 Å². The van der Waals surface area contributed by atoms with Gasteiger partial charge >= 0.3 is 7.52 Å². The Kier molecular flexibility index (Phi) is 4.50. The summed E-state index contributed by atoms with van der Waals surface area (Å²) in [5, 5.41) is 2.57. The Morgan fingerprint density at radius 2 is 1.92 bits per heavy atom. The van der Waals surface area contributed by atoms with E-state index in [0.717, 1.165) is 18.9 Å². The fourth-order valence-electron chi connectivity index (χ4n) is 1.07. The lowest BCUT2D eigenvalue weighted by Crippen LogP contribution is -2.29. The SMILES string of the molecule is CC[N+](CC)=C(C)NP(C)(=O)O. The molecule has 0 aliphatic heterocycles. The second-order valence-electron chi connectivity index (χ2n) is 2.75. The minimum atomic E-state index is -3.13. The molecule has 0 rings (SSSR count). The van der Waals surface area contributed by atoms with Gasteiger partial charge in [0.25, 0.3) is 0 Å². The van der Waals surface area contributed by atoms with Crippen LogP contribution in [0.25, 0.3) is 0 Å². The van der Waals surface area contributed by atoms with Crippen LogP contribution in [0.1, 0.15) is 20.8 Å². The monoisotopic (exact) mass is 193 g/mol. The molecule has 0 amide bonds. The fraction of sp³-hybridized carbons (Fsp3) is 0.857. The van der Waals surface area contributed by atoms with Crippen LogP contribution in [-0.2, 0) is 4.57 Å². The molecular weight excluding hydrogens is 175 g/mol. The zero-order valence-corrected chi connectivity index (χ0v) is 9.06. The van der Waals surface area contributed by atoms with Gasteiger partial charge in [-0.15, -0.1) is 0 Å². The zero-order valence-electron chi connectivity index (χ0n) is 8.16. The minimum Gasteiger partial charge on any atom is -0.313 e. The highest BCUT2D eigenvalue weighted by Crippen LogP contribution is 2.28. The van der Waals surface area contributed by atoms with Crippen molar-refractivity contribution in [2.24, 2.45) is 0 Å². The largest absolute Gasteiger partial charge is 0.368 e. The number of amidine groups is 1. The molecule has 0 fully saturated rings. The van der Waals surface area contributed by atoms with Gasteiger partial charge in [-0.2, -0.15) is 0 Å². The van der Waals surface area contributed by atoms with Gasteiger partial charge in [0.1, 0.15) is 0 Å². The van der Waals surface area contributed by atoms with Crippen LogP contribution >= 0.6 is 7.52 Å². The lowest BCUT2D eigenvalue weighted by Gasteiger charge is -2.07. The summed E-state index contributed by atoms with van der Waals surface area (Å²) in [7, 11) is -3.13. The van der Waals surface area contributed by atoms with Crippen molar-refractivity contribution in [2.45, 2.75) is 20.8 Å². The predicted molar refractivity (Wildman–Crippen MR) is 50.9 cm³/mol. The van der Waals surface area contributed by atoms with Crippen molar-refractivity contribution in [3.63, 3.8) is 0 Å². The Hall–Kier alpha value is -0.340. The molecule has 0 aliphatic rings. The van der Waals surface area contributed by atoms with E-state index >= 15 is 0 Å². The molecule has 0 aromatic rings. The van der Waals surface area contributed by atoms with Gasteiger partial charge in [-0.05, 0) is 13.8 Å². The van der Waals surface area contributed by atoms with Crippen molar-refractivity contribution in [3.8, 4) is 0 Å². The van der Waals surface area contributed by atoms with E-state index in [-0.39, 0.29) is 0 Å². The van der Waals surface area contributed by atoms with Gasteiger partial charge in [-0.25, -0.2) is 9.65 Å². The molecule has 4 nitrogen and oxygen atoms in total. The van der Waals surface area contributed by atoms with Crippen molar-refractivity contribution < 1.29 is 14.0 Å². The van der Waals surface area contributed by atoms with Crippen molar-refractivity contribution >= 4 is 13.4 Å². The fourth-order valence-corrected chi connectivity index (χ4v) is 1.81. The molecule has 0 aromatic heterocycles. The molecule has 0 saturated heterocycles. The van der Waals surface area contributed by atoms with Crippen molar-refractivity contribution in [2.75, 3.05) is 19.8 Å². The van der Waals surface area contributed by atoms with Gasteiger partial charge in [0.15, 0.2) is 0 Å². The highest BCUT2D eigenvalue weighted by Gasteiger charge is 2.17. The lowest BCUT2D eigenvalue weighted by atomic mass is 10.5. The molecule has 0 bridgehead atoms. The molecule has 0 heterocycles. The van der Waals surface area contributed by atoms with Gasteiger partial charge in [-0.1, -0.05) is 0 Å². The van der Waals surface area contributed by atoms with E-state index in [1.54, 1.807) is 6.92 Å². The highest BCUT2D eigenvalue weighted by molar-refractivity contribution is 7.55. The van der Waals surface area contributed by atoms with Crippen molar-refractivity contribution in [3.05, 3.63) is 0 Å². The first-order chi connectivity index (χ1) is 5.40. The summed E-state index contributed by atoms with van der Waals surface area (Å²) in [5.41, 5.74) is 0. The number of nitrogens with one attached hydrogen (secondary N) is 1. The van der Waals surface area contributed by atoms with E-state index in [4.69, 9.17) is 4.89 Å². The van der Waals surface area contributed by atoms with E-state index in [1.165, 1.54) is 6.66 Å². The smallest absolute Gasteiger partial charge is 0.313 e. The summed E-state index contributed by atoms with van der Waals surface area (Å²) in [6.45, 7) is 8.79. The molecular formula is C7H18N2O2P+. The van der Waals surface area contributed by atoms with E-state index < -0.39 is 7.52 Å². The summed E-state index contributed by atoms with van der Waals surface area (Å²) in [6.07, 6.45) is 0. The van der Waals surface area contributed by atoms with Crippen LogP contribution in [0.4, 0.5) is 0 Å². The first-order valence-electron chi connectivity index (χ1n) is 4.07. The third kappa shape index (κ3) is 4.52. The summed E-state index contributed by atoms with van der Waals surface area (Å²) in [6, 6.07) is 0. The van der Waals surface area contributed by atoms with Gasteiger partial charge in [-0.3, -0.25) is 4.58 Å². The molecule has 0 spiro atoms. The number of hydrogen-bond acceptors (Lipinski definition) is 1. The molecule has 1 unspecified atom stereocenters. The molecule has 5 heteroatoms. The molecule has 1 atom stereocenters. The Bertz CT molecular complexity index is 213. The van der Waals surface area contributed by atoms with Gasteiger partial charge in [0.2, 0.25) is 5.84 Å². The highest BCUT2D eigenvalue weighted by atomic mass is 31.2. The van der Waals surface area contributed by atoms with Crippen LogP contribution < -0.4 is 5.09 Å². The van der Waals surface area contributed by atoms with Gasteiger partial charge in [0, 0.05) is 6.92 Å². The van der Waals surface area contributed by atoms with Crippen molar-refractivity contribution in [1.29, 1.82) is 0 Å². The van der Waals surface area contributed by atoms with Gasteiger partial charge in [0.05, 0.1) is 19.8 Å². The summed E-state index contributed by atoms with van der Waals surface area (Å²) in [5.74, 6) is 0.758.